The number of rotatable bonds is 5. The van der Waals surface area contributed by atoms with Crippen LogP contribution in [0.4, 0.5) is 5.69 Å². The van der Waals surface area contributed by atoms with Gasteiger partial charge in [0.2, 0.25) is 10.0 Å². The predicted octanol–water partition coefficient (Wildman–Crippen LogP) is 1.82. The fourth-order valence-corrected chi connectivity index (χ4v) is 4.57. The van der Waals surface area contributed by atoms with Crippen molar-refractivity contribution < 1.29 is 23.2 Å². The smallest absolute Gasteiger partial charge is 0.306 e. The van der Waals surface area contributed by atoms with Gasteiger partial charge in [-0.1, -0.05) is 12.1 Å². The molecule has 0 bridgehead atoms. The third-order valence-corrected chi connectivity index (χ3v) is 5.77. The van der Waals surface area contributed by atoms with E-state index < -0.39 is 38.6 Å². The Hall–Kier alpha value is -2.00. The highest BCUT2D eigenvalue weighted by Gasteiger charge is 2.32. The number of benzene rings is 1. The first kappa shape index (κ1) is 17.4. The van der Waals surface area contributed by atoms with Gasteiger partial charge in [0.25, 0.3) is 5.69 Å². The Morgan fingerprint density at radius 2 is 1.91 bits per heavy atom. The van der Waals surface area contributed by atoms with Gasteiger partial charge in [-0.05, 0) is 38.2 Å². The van der Waals surface area contributed by atoms with Crippen LogP contribution in [0, 0.1) is 23.0 Å². The lowest BCUT2D eigenvalue weighted by molar-refractivity contribution is -0.387. The maximum atomic E-state index is 12.5. The van der Waals surface area contributed by atoms with Crippen molar-refractivity contribution >= 4 is 21.7 Å². The van der Waals surface area contributed by atoms with Gasteiger partial charge in [0, 0.05) is 12.1 Å². The molecule has 1 saturated carbocycles. The van der Waals surface area contributed by atoms with Gasteiger partial charge >= 0.3 is 5.97 Å². The predicted molar refractivity (Wildman–Crippen MR) is 81.5 cm³/mol. The molecule has 0 atom stereocenters. The highest BCUT2D eigenvalue weighted by atomic mass is 32.2. The normalized spacial score (nSPS) is 21.8. The molecule has 0 saturated heterocycles. The number of carboxylic acid groups (broad SMARTS) is 1. The fourth-order valence-electron chi connectivity index (χ4n) is 2.87. The first-order valence-electron chi connectivity index (χ1n) is 7.21. The lowest BCUT2D eigenvalue weighted by atomic mass is 9.87. The molecule has 0 aliphatic heterocycles. The first-order chi connectivity index (χ1) is 10.7. The summed E-state index contributed by atoms with van der Waals surface area (Å²) in [4.78, 5) is 20.9. The highest BCUT2D eigenvalue weighted by molar-refractivity contribution is 7.89. The molecule has 8 nitrogen and oxygen atoms in total. The largest absolute Gasteiger partial charge is 0.481 e. The van der Waals surface area contributed by atoms with Crippen LogP contribution in [0.2, 0.25) is 0 Å². The number of nitrogens with one attached hydrogen (secondary N) is 1. The molecule has 1 aliphatic rings. The topological polar surface area (TPSA) is 127 Å². The molecule has 1 aromatic rings. The molecular weight excluding hydrogens is 324 g/mol. The second-order valence-corrected chi connectivity index (χ2v) is 7.34. The molecular formula is C14H18N2O6S. The number of hydrogen-bond donors (Lipinski definition) is 2. The minimum atomic E-state index is -4.04. The maximum Gasteiger partial charge on any atom is 0.306 e. The molecule has 2 N–H and O–H groups in total. The quantitative estimate of drug-likeness (QED) is 0.621. The van der Waals surface area contributed by atoms with Crippen LogP contribution in [-0.2, 0) is 14.8 Å². The van der Waals surface area contributed by atoms with E-state index >= 15 is 0 Å². The van der Waals surface area contributed by atoms with E-state index in [0.29, 0.717) is 31.2 Å². The number of nitro groups is 1. The number of aliphatic carboxylic acids is 1. The molecule has 0 heterocycles. The van der Waals surface area contributed by atoms with E-state index in [9.17, 15) is 23.3 Å². The first-order valence-corrected chi connectivity index (χ1v) is 8.70. The van der Waals surface area contributed by atoms with Crippen molar-refractivity contribution in [2.75, 3.05) is 0 Å². The molecule has 1 fully saturated rings. The molecule has 23 heavy (non-hydrogen) atoms. The summed E-state index contributed by atoms with van der Waals surface area (Å²) in [7, 11) is -4.04. The van der Waals surface area contributed by atoms with Crippen molar-refractivity contribution in [1.29, 1.82) is 0 Å². The Bertz CT molecular complexity index is 723. The van der Waals surface area contributed by atoms with Crippen molar-refractivity contribution in [3.8, 4) is 0 Å². The lowest BCUT2D eigenvalue weighted by Gasteiger charge is -2.26. The SMILES string of the molecule is Cc1cccc([N+](=O)[O-])c1S(=O)(=O)NC1CCC(C(=O)O)CC1. The Kier molecular flexibility index (Phi) is 5.00. The number of aryl methyl sites for hydroxylation is 1. The zero-order valence-corrected chi connectivity index (χ0v) is 13.4. The highest BCUT2D eigenvalue weighted by Crippen LogP contribution is 2.29. The summed E-state index contributed by atoms with van der Waals surface area (Å²) in [5.41, 5.74) is -0.164. The molecule has 2 rings (SSSR count). The average Bonchev–Trinajstić information content (AvgIpc) is 2.46. The van der Waals surface area contributed by atoms with Gasteiger partial charge in [0.1, 0.15) is 0 Å². The minimum Gasteiger partial charge on any atom is -0.481 e. The van der Waals surface area contributed by atoms with E-state index in [1.165, 1.54) is 19.1 Å². The number of nitro benzene ring substituents is 1. The van der Waals surface area contributed by atoms with Crippen molar-refractivity contribution in [3.05, 3.63) is 33.9 Å². The second-order valence-electron chi connectivity index (χ2n) is 5.69. The van der Waals surface area contributed by atoms with Crippen molar-refractivity contribution in [3.63, 3.8) is 0 Å². The van der Waals surface area contributed by atoms with Crippen LogP contribution in [0.25, 0.3) is 0 Å². The average molecular weight is 342 g/mol. The van der Waals surface area contributed by atoms with Gasteiger partial charge in [-0.25, -0.2) is 13.1 Å². The van der Waals surface area contributed by atoms with E-state index in [0.717, 1.165) is 6.07 Å². The maximum absolute atomic E-state index is 12.5. The summed E-state index contributed by atoms with van der Waals surface area (Å²) >= 11 is 0. The van der Waals surface area contributed by atoms with Crippen LogP contribution >= 0.6 is 0 Å². The number of carboxylic acids is 1. The van der Waals surface area contributed by atoms with Gasteiger partial charge in [0.15, 0.2) is 4.90 Å². The molecule has 0 spiro atoms. The van der Waals surface area contributed by atoms with Gasteiger partial charge in [-0.15, -0.1) is 0 Å². The third kappa shape index (κ3) is 3.85. The number of sulfonamides is 1. The van der Waals surface area contributed by atoms with Crippen LogP contribution in [0.5, 0.6) is 0 Å². The molecule has 126 valence electrons. The van der Waals surface area contributed by atoms with Crippen molar-refractivity contribution in [1.82, 2.24) is 4.72 Å². The van der Waals surface area contributed by atoms with Crippen LogP contribution in [0.3, 0.4) is 0 Å². The Labute approximate surface area is 133 Å². The Balaban J connectivity index is 2.21. The lowest BCUT2D eigenvalue weighted by Crippen LogP contribution is -2.39. The summed E-state index contributed by atoms with van der Waals surface area (Å²) in [5.74, 6) is -1.33. The zero-order chi connectivity index (χ0) is 17.2. The monoisotopic (exact) mass is 342 g/mol. The van der Waals surface area contributed by atoms with E-state index in [1.807, 2.05) is 0 Å². The molecule has 0 amide bonds. The third-order valence-electron chi connectivity index (χ3n) is 4.05. The summed E-state index contributed by atoms with van der Waals surface area (Å²) in [6.45, 7) is 1.50. The molecule has 1 aliphatic carbocycles. The van der Waals surface area contributed by atoms with Crippen LogP contribution in [0.1, 0.15) is 31.2 Å². The van der Waals surface area contributed by atoms with E-state index in [4.69, 9.17) is 5.11 Å². The van der Waals surface area contributed by atoms with E-state index in [2.05, 4.69) is 4.72 Å². The summed E-state index contributed by atoms with van der Waals surface area (Å²) < 4.78 is 27.5. The molecule has 1 aromatic carbocycles. The number of nitrogens with zero attached hydrogens (tertiary/aromatic N) is 1. The van der Waals surface area contributed by atoms with E-state index in [-0.39, 0.29) is 4.90 Å². The molecule has 0 aromatic heterocycles. The van der Waals surface area contributed by atoms with Crippen molar-refractivity contribution in [2.24, 2.45) is 5.92 Å². The van der Waals surface area contributed by atoms with Crippen LogP contribution in [0.15, 0.2) is 23.1 Å². The number of hydrogen-bond acceptors (Lipinski definition) is 5. The second kappa shape index (κ2) is 6.63. The molecule has 0 unspecified atom stereocenters. The van der Waals surface area contributed by atoms with Crippen molar-refractivity contribution in [2.45, 2.75) is 43.5 Å². The van der Waals surface area contributed by atoms with Crippen LogP contribution < -0.4 is 4.72 Å². The van der Waals surface area contributed by atoms with Gasteiger partial charge in [-0.3, -0.25) is 14.9 Å². The summed E-state index contributed by atoms with van der Waals surface area (Å²) in [6, 6.07) is 3.69. The minimum absolute atomic E-state index is 0.297. The van der Waals surface area contributed by atoms with Gasteiger partial charge < -0.3 is 5.11 Å². The summed E-state index contributed by atoms with van der Waals surface area (Å²) in [6.07, 6.45) is 1.57. The Morgan fingerprint density at radius 3 is 2.43 bits per heavy atom. The Morgan fingerprint density at radius 1 is 1.30 bits per heavy atom. The summed E-state index contributed by atoms with van der Waals surface area (Å²) in [5, 5.41) is 20.0. The van der Waals surface area contributed by atoms with E-state index in [1.54, 1.807) is 0 Å². The van der Waals surface area contributed by atoms with Gasteiger partial charge in [0.05, 0.1) is 10.8 Å². The zero-order valence-electron chi connectivity index (χ0n) is 12.6. The molecule has 0 radical (unpaired) electrons. The standard InChI is InChI=1S/C14H18N2O6S/c1-9-3-2-4-12(16(19)20)13(9)23(21,22)15-11-7-5-10(6-8-11)14(17)18/h2-4,10-11,15H,5-8H2,1H3,(H,17,18). The number of carbonyl (C=O) groups is 1. The molecule has 9 heteroatoms. The van der Waals surface area contributed by atoms with Crippen LogP contribution in [-0.4, -0.2) is 30.5 Å². The fraction of sp³-hybridized carbons (Fsp3) is 0.500. The van der Waals surface area contributed by atoms with Gasteiger partial charge in [-0.2, -0.15) is 0 Å².